The molecule has 2 N–H and O–H groups in total. The number of hydrogen-bond donors (Lipinski definition) is 2. The summed E-state index contributed by atoms with van der Waals surface area (Å²) in [5, 5.41) is 3.26. The summed E-state index contributed by atoms with van der Waals surface area (Å²) in [5.41, 5.74) is 0. The third-order valence-electron chi connectivity index (χ3n) is 3.50. The standard InChI is InChI=1S/C13H30N4O2S/c1-5-14-10-13-8-6-7-9-17(13)20(18,19)15-12(2)11-16(3)4/h12-15H,5-11H2,1-4H3. The van der Waals surface area contributed by atoms with E-state index in [1.54, 1.807) is 4.31 Å². The van der Waals surface area contributed by atoms with Crippen molar-refractivity contribution in [3.8, 4) is 0 Å². The molecule has 20 heavy (non-hydrogen) atoms. The van der Waals surface area contributed by atoms with Crippen LogP contribution in [0.1, 0.15) is 33.1 Å². The van der Waals surface area contributed by atoms with Gasteiger partial charge in [0.15, 0.2) is 0 Å². The van der Waals surface area contributed by atoms with E-state index in [1.807, 2.05) is 32.8 Å². The molecule has 1 aliphatic heterocycles. The van der Waals surface area contributed by atoms with Crippen LogP contribution in [0.5, 0.6) is 0 Å². The average molecular weight is 306 g/mol. The summed E-state index contributed by atoms with van der Waals surface area (Å²) < 4.78 is 29.5. The molecule has 0 aromatic rings. The summed E-state index contributed by atoms with van der Waals surface area (Å²) in [5.74, 6) is 0. The maximum absolute atomic E-state index is 12.5. The summed E-state index contributed by atoms with van der Waals surface area (Å²) in [6.45, 7) is 6.87. The zero-order valence-electron chi connectivity index (χ0n) is 13.2. The lowest BCUT2D eigenvalue weighted by molar-refractivity contribution is 0.241. The summed E-state index contributed by atoms with van der Waals surface area (Å²) in [6.07, 6.45) is 3.00. The number of rotatable bonds is 8. The molecule has 120 valence electrons. The smallest absolute Gasteiger partial charge is 0.280 e. The maximum atomic E-state index is 12.5. The Morgan fingerprint density at radius 1 is 1.35 bits per heavy atom. The fourth-order valence-corrected chi connectivity index (χ4v) is 4.37. The van der Waals surface area contributed by atoms with E-state index in [4.69, 9.17) is 0 Å². The first kappa shape index (κ1) is 17.8. The Morgan fingerprint density at radius 2 is 2.05 bits per heavy atom. The highest BCUT2D eigenvalue weighted by Crippen LogP contribution is 2.19. The molecule has 2 atom stereocenters. The van der Waals surface area contributed by atoms with Gasteiger partial charge in [-0.15, -0.1) is 0 Å². The molecule has 1 saturated heterocycles. The van der Waals surface area contributed by atoms with Gasteiger partial charge in [-0.25, -0.2) is 0 Å². The van der Waals surface area contributed by atoms with Gasteiger partial charge in [-0.3, -0.25) is 0 Å². The summed E-state index contributed by atoms with van der Waals surface area (Å²) >= 11 is 0. The van der Waals surface area contributed by atoms with Gasteiger partial charge in [0.25, 0.3) is 10.2 Å². The zero-order valence-corrected chi connectivity index (χ0v) is 14.0. The van der Waals surface area contributed by atoms with Crippen molar-refractivity contribution in [3.05, 3.63) is 0 Å². The Kier molecular flexibility index (Phi) is 7.39. The molecular formula is C13H30N4O2S. The first-order valence-corrected chi connectivity index (χ1v) is 8.95. The Morgan fingerprint density at radius 3 is 2.65 bits per heavy atom. The van der Waals surface area contributed by atoms with Gasteiger partial charge in [0.2, 0.25) is 0 Å². The van der Waals surface area contributed by atoms with Crippen LogP contribution in [0.25, 0.3) is 0 Å². The second-order valence-corrected chi connectivity index (χ2v) is 7.51. The van der Waals surface area contributed by atoms with E-state index >= 15 is 0 Å². The first-order valence-electron chi connectivity index (χ1n) is 7.51. The molecule has 0 aliphatic carbocycles. The van der Waals surface area contributed by atoms with E-state index < -0.39 is 10.2 Å². The average Bonchev–Trinajstić information content (AvgIpc) is 2.34. The number of piperidine rings is 1. The maximum Gasteiger partial charge on any atom is 0.280 e. The largest absolute Gasteiger partial charge is 0.315 e. The molecule has 1 aliphatic rings. The molecule has 2 unspecified atom stereocenters. The van der Waals surface area contributed by atoms with Crippen molar-refractivity contribution in [2.45, 2.75) is 45.2 Å². The summed E-state index contributed by atoms with van der Waals surface area (Å²) in [6, 6.07) is -0.00975. The van der Waals surface area contributed by atoms with Gasteiger partial charge < -0.3 is 10.2 Å². The number of nitrogens with zero attached hydrogens (tertiary/aromatic N) is 2. The van der Waals surface area contributed by atoms with E-state index in [1.165, 1.54) is 0 Å². The fraction of sp³-hybridized carbons (Fsp3) is 1.00. The van der Waals surface area contributed by atoms with Gasteiger partial charge in [0.05, 0.1) is 0 Å². The van der Waals surface area contributed by atoms with Crippen LogP contribution in [-0.4, -0.2) is 70.0 Å². The molecule has 1 heterocycles. The number of nitrogens with one attached hydrogen (secondary N) is 2. The second-order valence-electron chi connectivity index (χ2n) is 5.85. The second kappa shape index (κ2) is 8.29. The molecule has 0 spiro atoms. The van der Waals surface area contributed by atoms with Crippen molar-refractivity contribution < 1.29 is 8.42 Å². The van der Waals surface area contributed by atoms with Crippen molar-refractivity contribution in [1.29, 1.82) is 0 Å². The zero-order chi connectivity index (χ0) is 15.2. The van der Waals surface area contributed by atoms with E-state index in [0.29, 0.717) is 13.1 Å². The van der Waals surface area contributed by atoms with Gasteiger partial charge in [-0.2, -0.15) is 17.4 Å². The van der Waals surface area contributed by atoms with Crippen molar-refractivity contribution in [2.24, 2.45) is 0 Å². The molecule has 0 aromatic heterocycles. The monoisotopic (exact) mass is 306 g/mol. The first-order chi connectivity index (χ1) is 9.36. The van der Waals surface area contributed by atoms with Crippen molar-refractivity contribution in [3.63, 3.8) is 0 Å². The lowest BCUT2D eigenvalue weighted by Crippen LogP contribution is -2.54. The van der Waals surface area contributed by atoms with Crippen LogP contribution in [0.15, 0.2) is 0 Å². The molecule has 7 heteroatoms. The molecule has 0 saturated carbocycles. The SMILES string of the molecule is CCNCC1CCCCN1S(=O)(=O)NC(C)CN(C)C. The quantitative estimate of drug-likeness (QED) is 0.674. The number of likely N-dealkylation sites (N-methyl/N-ethyl adjacent to an activating group) is 2. The van der Waals surface area contributed by atoms with Crippen LogP contribution >= 0.6 is 0 Å². The molecule has 0 aromatic carbocycles. The molecule has 1 rings (SSSR count). The van der Waals surface area contributed by atoms with E-state index in [2.05, 4.69) is 10.0 Å². The highest BCUT2D eigenvalue weighted by Gasteiger charge is 2.32. The van der Waals surface area contributed by atoms with Crippen LogP contribution in [0, 0.1) is 0 Å². The Bertz CT molecular complexity index is 373. The molecular weight excluding hydrogens is 276 g/mol. The lowest BCUT2D eigenvalue weighted by atomic mass is 10.1. The van der Waals surface area contributed by atoms with Crippen molar-refractivity contribution in [2.75, 3.05) is 40.3 Å². The summed E-state index contributed by atoms with van der Waals surface area (Å²) in [7, 11) is 0.497. The fourth-order valence-electron chi connectivity index (χ4n) is 2.71. The Balaban J connectivity index is 2.66. The molecule has 0 bridgehead atoms. The highest BCUT2D eigenvalue weighted by atomic mass is 32.2. The van der Waals surface area contributed by atoms with Crippen molar-refractivity contribution >= 4 is 10.2 Å². The third kappa shape index (κ3) is 5.65. The Hall–Kier alpha value is -0.210. The highest BCUT2D eigenvalue weighted by molar-refractivity contribution is 7.87. The number of hydrogen-bond acceptors (Lipinski definition) is 4. The van der Waals surface area contributed by atoms with Gasteiger partial charge in [-0.05, 0) is 40.4 Å². The predicted octanol–water partition coefficient (Wildman–Crippen LogP) is 0.235. The molecule has 0 amide bonds. The van der Waals surface area contributed by atoms with Crippen LogP contribution in [-0.2, 0) is 10.2 Å². The van der Waals surface area contributed by atoms with Gasteiger partial charge in [0.1, 0.15) is 0 Å². The molecule has 0 radical (unpaired) electrons. The van der Waals surface area contributed by atoms with Crippen molar-refractivity contribution in [1.82, 2.24) is 19.2 Å². The minimum absolute atomic E-state index is 0.0766. The van der Waals surface area contributed by atoms with Crippen LogP contribution in [0.2, 0.25) is 0 Å². The van der Waals surface area contributed by atoms with Gasteiger partial charge in [0, 0.05) is 31.7 Å². The van der Waals surface area contributed by atoms with Crippen LogP contribution in [0.3, 0.4) is 0 Å². The van der Waals surface area contributed by atoms with E-state index in [9.17, 15) is 8.42 Å². The molecule has 1 fully saturated rings. The molecule has 6 nitrogen and oxygen atoms in total. The van der Waals surface area contributed by atoms with E-state index in [-0.39, 0.29) is 12.1 Å². The topological polar surface area (TPSA) is 64.7 Å². The van der Waals surface area contributed by atoms with E-state index in [0.717, 1.165) is 32.4 Å². The van der Waals surface area contributed by atoms with Gasteiger partial charge >= 0.3 is 0 Å². The minimum Gasteiger partial charge on any atom is -0.315 e. The lowest BCUT2D eigenvalue weighted by Gasteiger charge is -2.35. The van der Waals surface area contributed by atoms with Crippen LogP contribution < -0.4 is 10.0 Å². The van der Waals surface area contributed by atoms with Gasteiger partial charge in [-0.1, -0.05) is 13.3 Å². The Labute approximate surface area is 124 Å². The third-order valence-corrected chi connectivity index (χ3v) is 5.30. The minimum atomic E-state index is -3.39. The normalized spacial score (nSPS) is 23.1. The predicted molar refractivity (Wildman–Crippen MR) is 83.0 cm³/mol. The van der Waals surface area contributed by atoms with Crippen LogP contribution in [0.4, 0.5) is 0 Å². The summed E-state index contributed by atoms with van der Waals surface area (Å²) in [4.78, 5) is 1.99.